The largest absolute Gasteiger partial charge is 0.336 e. The third-order valence-electron chi connectivity index (χ3n) is 5.12. The molecular formula is C21H27N. The van der Waals surface area contributed by atoms with Gasteiger partial charge in [-0.25, -0.2) is 0 Å². The molecule has 1 aromatic rings. The lowest BCUT2D eigenvalue weighted by Crippen LogP contribution is -2.46. The van der Waals surface area contributed by atoms with Gasteiger partial charge >= 0.3 is 0 Å². The first-order chi connectivity index (χ1) is 10.6. The molecular weight excluding hydrogens is 266 g/mol. The van der Waals surface area contributed by atoms with E-state index < -0.39 is 0 Å². The topological polar surface area (TPSA) is 3.24 Å². The maximum atomic E-state index is 4.38. The molecule has 2 aliphatic rings. The molecule has 0 bridgehead atoms. The highest BCUT2D eigenvalue weighted by molar-refractivity contribution is 5.62. The normalized spacial score (nSPS) is 22.3. The van der Waals surface area contributed by atoms with Crippen molar-refractivity contribution in [1.29, 1.82) is 0 Å². The molecule has 0 saturated heterocycles. The number of hydrogen-bond donors (Lipinski definition) is 0. The third-order valence-corrected chi connectivity index (χ3v) is 5.12. The molecule has 0 radical (unpaired) electrons. The van der Waals surface area contributed by atoms with Gasteiger partial charge in [-0.2, -0.15) is 0 Å². The molecule has 1 fully saturated rings. The van der Waals surface area contributed by atoms with Crippen LogP contribution in [-0.4, -0.2) is 5.54 Å². The van der Waals surface area contributed by atoms with Crippen LogP contribution in [0.25, 0.3) is 0 Å². The zero-order valence-electron chi connectivity index (χ0n) is 13.9. The van der Waals surface area contributed by atoms with Crippen LogP contribution in [0.15, 0.2) is 60.8 Å². The first-order valence-corrected chi connectivity index (χ1v) is 8.54. The van der Waals surface area contributed by atoms with E-state index in [4.69, 9.17) is 0 Å². The third kappa shape index (κ3) is 3.04. The van der Waals surface area contributed by atoms with E-state index in [-0.39, 0.29) is 5.54 Å². The second-order valence-electron chi connectivity index (χ2n) is 6.94. The number of rotatable bonds is 4. The number of fused-ring (bicyclic) bond motifs is 1. The molecule has 22 heavy (non-hydrogen) atoms. The van der Waals surface area contributed by atoms with Gasteiger partial charge in [0.2, 0.25) is 0 Å². The summed E-state index contributed by atoms with van der Waals surface area (Å²) in [4.78, 5) is 2.50. The summed E-state index contributed by atoms with van der Waals surface area (Å²) in [6.45, 7) is 9.11. The molecule has 1 aliphatic carbocycles. The second-order valence-corrected chi connectivity index (χ2v) is 6.94. The van der Waals surface area contributed by atoms with Crippen molar-refractivity contribution in [1.82, 2.24) is 0 Å². The predicted octanol–water partition coefficient (Wildman–Crippen LogP) is 5.64. The number of benzene rings is 1. The SMILES string of the molecule is C=C1C=C/C=C\Cc2ccccc2N1C(C)(CC)CC1CC1. The average Bonchev–Trinajstić information content (AvgIpc) is 3.30. The molecule has 1 unspecified atom stereocenters. The lowest BCUT2D eigenvalue weighted by Gasteiger charge is -2.44. The van der Waals surface area contributed by atoms with E-state index in [1.807, 2.05) is 0 Å². The van der Waals surface area contributed by atoms with E-state index >= 15 is 0 Å². The highest BCUT2D eigenvalue weighted by atomic mass is 15.2. The summed E-state index contributed by atoms with van der Waals surface area (Å²) in [5.41, 5.74) is 3.96. The minimum Gasteiger partial charge on any atom is -0.336 e. The van der Waals surface area contributed by atoms with Crippen molar-refractivity contribution < 1.29 is 0 Å². The zero-order valence-corrected chi connectivity index (χ0v) is 13.9. The maximum Gasteiger partial charge on any atom is 0.0451 e. The lowest BCUT2D eigenvalue weighted by atomic mass is 9.87. The fourth-order valence-corrected chi connectivity index (χ4v) is 3.55. The van der Waals surface area contributed by atoms with Gasteiger partial charge in [-0.05, 0) is 49.8 Å². The molecule has 1 atom stereocenters. The number of para-hydroxylation sites is 1. The molecule has 3 rings (SSSR count). The maximum absolute atomic E-state index is 4.38. The van der Waals surface area contributed by atoms with Gasteiger partial charge in [-0.1, -0.05) is 62.8 Å². The number of allylic oxidation sites excluding steroid dienone is 4. The van der Waals surface area contributed by atoms with Crippen molar-refractivity contribution in [2.75, 3.05) is 4.90 Å². The van der Waals surface area contributed by atoms with Crippen LogP contribution in [0.3, 0.4) is 0 Å². The van der Waals surface area contributed by atoms with Crippen LogP contribution in [0, 0.1) is 5.92 Å². The van der Waals surface area contributed by atoms with E-state index in [9.17, 15) is 0 Å². The Hall–Kier alpha value is -1.76. The Morgan fingerprint density at radius 1 is 1.23 bits per heavy atom. The van der Waals surface area contributed by atoms with Gasteiger partial charge < -0.3 is 4.90 Å². The molecule has 1 heteroatoms. The Labute approximate surface area is 135 Å². The summed E-state index contributed by atoms with van der Waals surface area (Å²) in [6, 6.07) is 8.80. The Morgan fingerprint density at radius 3 is 2.73 bits per heavy atom. The van der Waals surface area contributed by atoms with Gasteiger partial charge in [0.15, 0.2) is 0 Å². The summed E-state index contributed by atoms with van der Waals surface area (Å²) < 4.78 is 0. The predicted molar refractivity (Wildman–Crippen MR) is 96.1 cm³/mol. The molecule has 0 amide bonds. The Balaban J connectivity index is 2.07. The second kappa shape index (κ2) is 6.16. The minimum atomic E-state index is 0.142. The van der Waals surface area contributed by atoms with E-state index in [0.717, 1.165) is 24.5 Å². The van der Waals surface area contributed by atoms with E-state index in [0.29, 0.717) is 0 Å². The Bertz CT molecular complexity index is 606. The van der Waals surface area contributed by atoms with Crippen molar-refractivity contribution >= 4 is 5.69 Å². The van der Waals surface area contributed by atoms with Crippen LogP contribution in [0.1, 0.15) is 45.1 Å². The van der Waals surface area contributed by atoms with Crippen LogP contribution >= 0.6 is 0 Å². The molecule has 0 spiro atoms. The van der Waals surface area contributed by atoms with Crippen LogP contribution in [0.2, 0.25) is 0 Å². The van der Waals surface area contributed by atoms with Crippen LogP contribution in [0.4, 0.5) is 5.69 Å². The highest BCUT2D eigenvalue weighted by Crippen LogP contribution is 2.44. The quantitative estimate of drug-likeness (QED) is 0.694. The van der Waals surface area contributed by atoms with Crippen molar-refractivity contribution in [2.24, 2.45) is 5.92 Å². The van der Waals surface area contributed by atoms with Crippen molar-refractivity contribution in [2.45, 2.75) is 51.5 Å². The van der Waals surface area contributed by atoms with E-state index in [2.05, 4.69) is 73.9 Å². The van der Waals surface area contributed by atoms with Crippen molar-refractivity contribution in [3.63, 3.8) is 0 Å². The van der Waals surface area contributed by atoms with Gasteiger partial charge in [-0.3, -0.25) is 0 Å². The fourth-order valence-electron chi connectivity index (χ4n) is 3.55. The molecule has 1 aromatic carbocycles. The first kappa shape index (κ1) is 15.1. The summed E-state index contributed by atoms with van der Waals surface area (Å²) in [7, 11) is 0. The molecule has 1 heterocycles. The molecule has 0 N–H and O–H groups in total. The standard InChI is InChI=1S/C21H27N/c1-4-21(3,16-18-14-15-18)22-17(2)10-6-5-7-11-19-12-8-9-13-20(19)22/h5-10,12-13,18H,2,4,11,14-16H2,1,3H3/b7-5-,10-6?. The Kier molecular flexibility index (Phi) is 4.24. The van der Waals surface area contributed by atoms with Gasteiger partial charge in [0.25, 0.3) is 0 Å². The van der Waals surface area contributed by atoms with Crippen LogP contribution < -0.4 is 4.90 Å². The fraction of sp³-hybridized carbons (Fsp3) is 0.429. The summed E-state index contributed by atoms with van der Waals surface area (Å²) in [6.07, 6.45) is 14.8. The van der Waals surface area contributed by atoms with Gasteiger partial charge in [0.1, 0.15) is 0 Å². The lowest BCUT2D eigenvalue weighted by molar-refractivity contribution is 0.379. The monoisotopic (exact) mass is 293 g/mol. The molecule has 1 aliphatic heterocycles. The molecule has 116 valence electrons. The van der Waals surface area contributed by atoms with Gasteiger partial charge in [-0.15, -0.1) is 0 Å². The summed E-state index contributed by atoms with van der Waals surface area (Å²) >= 11 is 0. The summed E-state index contributed by atoms with van der Waals surface area (Å²) in [5, 5.41) is 0. The molecule has 1 nitrogen and oxygen atoms in total. The van der Waals surface area contributed by atoms with Crippen LogP contribution in [-0.2, 0) is 6.42 Å². The summed E-state index contributed by atoms with van der Waals surface area (Å²) in [5.74, 6) is 0.902. The van der Waals surface area contributed by atoms with E-state index in [1.165, 1.54) is 30.5 Å². The van der Waals surface area contributed by atoms with Gasteiger partial charge in [0.05, 0.1) is 0 Å². The first-order valence-electron chi connectivity index (χ1n) is 8.54. The number of anilines is 1. The molecule has 0 aromatic heterocycles. The zero-order chi connectivity index (χ0) is 15.6. The smallest absolute Gasteiger partial charge is 0.0451 e. The van der Waals surface area contributed by atoms with Crippen LogP contribution in [0.5, 0.6) is 0 Å². The van der Waals surface area contributed by atoms with Crippen molar-refractivity contribution in [3.8, 4) is 0 Å². The molecule has 1 saturated carbocycles. The number of nitrogens with zero attached hydrogens (tertiary/aromatic N) is 1. The van der Waals surface area contributed by atoms with Crippen molar-refractivity contribution in [3.05, 3.63) is 66.4 Å². The van der Waals surface area contributed by atoms with Gasteiger partial charge in [0, 0.05) is 16.9 Å². The van der Waals surface area contributed by atoms with E-state index in [1.54, 1.807) is 0 Å². The highest BCUT2D eigenvalue weighted by Gasteiger charge is 2.38. The minimum absolute atomic E-state index is 0.142. The Morgan fingerprint density at radius 2 is 2.00 bits per heavy atom. The number of hydrogen-bond acceptors (Lipinski definition) is 1. The average molecular weight is 293 g/mol.